The van der Waals surface area contributed by atoms with E-state index in [0.717, 1.165) is 12.8 Å². The third kappa shape index (κ3) is 3.84. The van der Waals surface area contributed by atoms with Crippen LogP contribution in [-0.2, 0) is 0 Å². The lowest BCUT2D eigenvalue weighted by Gasteiger charge is -2.18. The van der Waals surface area contributed by atoms with Crippen LogP contribution in [0.5, 0.6) is 0 Å². The third-order valence-electron chi connectivity index (χ3n) is 3.45. The number of hydrogen-bond acceptors (Lipinski definition) is 4. The first kappa shape index (κ1) is 15.1. The molecule has 2 N–H and O–H groups in total. The van der Waals surface area contributed by atoms with E-state index >= 15 is 0 Å². The summed E-state index contributed by atoms with van der Waals surface area (Å²) in [5, 5.41) is 12.4. The second-order valence-corrected chi connectivity index (χ2v) is 5.75. The normalized spacial score (nSPS) is 15.8. The van der Waals surface area contributed by atoms with Crippen molar-refractivity contribution in [1.29, 1.82) is 0 Å². The molecular weight excluding hydrogens is 278 g/mol. The Morgan fingerprint density at radius 2 is 2.25 bits per heavy atom. The minimum Gasteiger partial charge on any atom is -0.396 e. The maximum absolute atomic E-state index is 12.3. The Morgan fingerprint density at radius 3 is 2.80 bits per heavy atom. The van der Waals surface area contributed by atoms with E-state index in [0.29, 0.717) is 28.9 Å². The van der Waals surface area contributed by atoms with Crippen molar-refractivity contribution in [2.45, 2.75) is 25.3 Å². The molecule has 0 radical (unpaired) electrons. The molecule has 0 spiro atoms. The van der Waals surface area contributed by atoms with E-state index in [2.05, 4.69) is 10.3 Å². The lowest BCUT2D eigenvalue weighted by molar-refractivity contribution is 0.0924. The molecule has 0 aromatic carbocycles. The largest absolute Gasteiger partial charge is 0.396 e. The van der Waals surface area contributed by atoms with Gasteiger partial charge < -0.3 is 15.3 Å². The fourth-order valence-electron chi connectivity index (χ4n) is 2.16. The zero-order chi connectivity index (χ0) is 14.7. The second-order valence-electron chi connectivity index (χ2n) is 5.36. The highest BCUT2D eigenvalue weighted by atomic mass is 35.5. The summed E-state index contributed by atoms with van der Waals surface area (Å²) in [5.74, 6) is 0.979. The number of aliphatic hydroxyl groups is 1. The molecule has 1 unspecified atom stereocenters. The van der Waals surface area contributed by atoms with E-state index < -0.39 is 0 Å². The number of halogens is 1. The molecule has 6 heteroatoms. The molecule has 1 aliphatic carbocycles. The number of aromatic nitrogens is 1. The Bertz CT molecular complexity index is 489. The molecule has 0 bridgehead atoms. The number of rotatable bonds is 6. The first-order valence-electron chi connectivity index (χ1n) is 6.78. The van der Waals surface area contributed by atoms with Crippen LogP contribution in [0.3, 0.4) is 0 Å². The van der Waals surface area contributed by atoms with Crippen LogP contribution in [-0.4, -0.2) is 42.7 Å². The van der Waals surface area contributed by atoms with Crippen molar-refractivity contribution in [3.63, 3.8) is 0 Å². The number of hydrogen-bond donors (Lipinski definition) is 2. The zero-order valence-electron chi connectivity index (χ0n) is 11.8. The Morgan fingerprint density at radius 1 is 1.55 bits per heavy atom. The fraction of sp³-hybridized carbons (Fsp3) is 0.571. The summed E-state index contributed by atoms with van der Waals surface area (Å²) in [6, 6.07) is 3.32. The summed E-state index contributed by atoms with van der Waals surface area (Å²) in [4.78, 5) is 18.2. The highest BCUT2D eigenvalue weighted by Crippen LogP contribution is 2.34. The fourth-order valence-corrected chi connectivity index (χ4v) is 2.36. The van der Waals surface area contributed by atoms with Crippen LogP contribution >= 0.6 is 11.6 Å². The van der Waals surface area contributed by atoms with E-state index in [1.807, 2.05) is 14.1 Å². The van der Waals surface area contributed by atoms with Crippen molar-refractivity contribution in [3.05, 3.63) is 22.8 Å². The zero-order valence-corrected chi connectivity index (χ0v) is 12.5. The summed E-state index contributed by atoms with van der Waals surface area (Å²) < 4.78 is 0. The maximum atomic E-state index is 12.3. The van der Waals surface area contributed by atoms with Gasteiger partial charge in [-0.3, -0.25) is 4.79 Å². The average Bonchev–Trinajstić information content (AvgIpc) is 3.21. The molecular formula is C14H20ClN3O2. The molecule has 1 aliphatic rings. The summed E-state index contributed by atoms with van der Waals surface area (Å²) in [7, 11) is 3.69. The molecule has 0 saturated heterocycles. The van der Waals surface area contributed by atoms with Gasteiger partial charge in [0.1, 0.15) is 11.0 Å². The molecule has 1 amide bonds. The van der Waals surface area contributed by atoms with E-state index in [4.69, 9.17) is 16.7 Å². The van der Waals surface area contributed by atoms with Crippen molar-refractivity contribution in [2.24, 2.45) is 5.92 Å². The maximum Gasteiger partial charge on any atom is 0.251 e. The molecule has 1 saturated carbocycles. The van der Waals surface area contributed by atoms with E-state index in [-0.39, 0.29) is 18.6 Å². The number of anilines is 1. The van der Waals surface area contributed by atoms with Gasteiger partial charge in [-0.2, -0.15) is 0 Å². The van der Waals surface area contributed by atoms with Gasteiger partial charge in [0.05, 0.1) is 0 Å². The lowest BCUT2D eigenvalue weighted by atomic mass is 10.1. The van der Waals surface area contributed by atoms with Crippen LogP contribution in [0.2, 0.25) is 5.15 Å². The molecule has 20 heavy (non-hydrogen) atoms. The van der Waals surface area contributed by atoms with Gasteiger partial charge in [-0.1, -0.05) is 11.6 Å². The quantitative estimate of drug-likeness (QED) is 0.784. The number of amides is 1. The number of carbonyl (C=O) groups is 1. The predicted molar refractivity (Wildman–Crippen MR) is 79.3 cm³/mol. The van der Waals surface area contributed by atoms with Gasteiger partial charge in [-0.25, -0.2) is 4.98 Å². The van der Waals surface area contributed by atoms with Gasteiger partial charge >= 0.3 is 0 Å². The standard InChI is InChI=1S/C14H20ClN3O2/c1-18(2)13-8-10(7-12(15)17-13)14(20)16-11(5-6-19)9-3-4-9/h7-9,11,19H,3-6H2,1-2H3,(H,16,20). The molecule has 110 valence electrons. The molecule has 0 aliphatic heterocycles. The van der Waals surface area contributed by atoms with Crippen molar-refractivity contribution in [3.8, 4) is 0 Å². The Balaban J connectivity index is 2.11. The smallest absolute Gasteiger partial charge is 0.251 e. The number of nitrogens with one attached hydrogen (secondary N) is 1. The lowest BCUT2D eigenvalue weighted by Crippen LogP contribution is -2.37. The predicted octanol–water partition coefficient (Wildman–Crippen LogP) is 1.69. The molecule has 5 nitrogen and oxygen atoms in total. The first-order valence-corrected chi connectivity index (χ1v) is 7.15. The van der Waals surface area contributed by atoms with E-state index in [9.17, 15) is 4.79 Å². The number of carbonyl (C=O) groups excluding carboxylic acids is 1. The van der Waals surface area contributed by atoms with Gasteiger partial charge in [0, 0.05) is 32.3 Å². The molecule has 1 aromatic heterocycles. The summed E-state index contributed by atoms with van der Waals surface area (Å²) >= 11 is 5.95. The number of nitrogens with zero attached hydrogens (tertiary/aromatic N) is 2. The van der Waals surface area contributed by atoms with Crippen LogP contribution in [0.1, 0.15) is 29.6 Å². The molecule has 1 fully saturated rings. The highest BCUT2D eigenvalue weighted by Gasteiger charge is 2.32. The molecule has 1 heterocycles. The van der Waals surface area contributed by atoms with Crippen molar-refractivity contribution >= 4 is 23.3 Å². The van der Waals surface area contributed by atoms with Crippen molar-refractivity contribution in [1.82, 2.24) is 10.3 Å². The van der Waals surface area contributed by atoms with Crippen LogP contribution in [0.25, 0.3) is 0 Å². The van der Waals surface area contributed by atoms with E-state index in [1.54, 1.807) is 17.0 Å². The Hall–Kier alpha value is -1.33. The average molecular weight is 298 g/mol. The van der Waals surface area contributed by atoms with Gasteiger partial charge in [0.2, 0.25) is 0 Å². The van der Waals surface area contributed by atoms with Gasteiger partial charge in [0.25, 0.3) is 5.91 Å². The Labute approximate surface area is 123 Å². The van der Waals surface area contributed by atoms with Crippen molar-refractivity contribution in [2.75, 3.05) is 25.6 Å². The van der Waals surface area contributed by atoms with Gasteiger partial charge in [-0.15, -0.1) is 0 Å². The summed E-state index contributed by atoms with van der Waals surface area (Å²) in [6.07, 6.45) is 2.83. The minimum atomic E-state index is -0.164. The second kappa shape index (κ2) is 6.41. The Kier molecular flexibility index (Phi) is 4.83. The van der Waals surface area contributed by atoms with Crippen LogP contribution in [0, 0.1) is 5.92 Å². The minimum absolute atomic E-state index is 0.0437. The summed E-state index contributed by atoms with van der Waals surface area (Å²) in [6.45, 7) is 0.0848. The molecule has 1 aromatic rings. The van der Waals surface area contributed by atoms with Crippen LogP contribution in [0.15, 0.2) is 12.1 Å². The summed E-state index contributed by atoms with van der Waals surface area (Å²) in [5.41, 5.74) is 0.497. The number of pyridine rings is 1. The third-order valence-corrected chi connectivity index (χ3v) is 3.64. The van der Waals surface area contributed by atoms with Gasteiger partial charge in [-0.05, 0) is 37.3 Å². The van der Waals surface area contributed by atoms with Crippen molar-refractivity contribution < 1.29 is 9.90 Å². The first-order chi connectivity index (χ1) is 9.51. The van der Waals surface area contributed by atoms with Gasteiger partial charge in [0.15, 0.2) is 0 Å². The monoisotopic (exact) mass is 297 g/mol. The molecule has 2 rings (SSSR count). The molecule has 1 atom stereocenters. The van der Waals surface area contributed by atoms with E-state index in [1.165, 1.54) is 0 Å². The van der Waals surface area contributed by atoms with Crippen LogP contribution in [0.4, 0.5) is 5.82 Å². The highest BCUT2D eigenvalue weighted by molar-refractivity contribution is 6.29. The SMILES string of the molecule is CN(C)c1cc(C(=O)NC(CCO)C2CC2)cc(Cl)n1. The number of aliphatic hydroxyl groups excluding tert-OH is 1. The van der Waals surface area contributed by atoms with Crippen LogP contribution < -0.4 is 10.2 Å². The topological polar surface area (TPSA) is 65.5 Å².